The second-order valence-electron chi connectivity index (χ2n) is 6.38. The van der Waals surface area contributed by atoms with Gasteiger partial charge in [-0.1, -0.05) is 26.0 Å². The van der Waals surface area contributed by atoms with Gasteiger partial charge in [0.25, 0.3) is 0 Å². The van der Waals surface area contributed by atoms with Gasteiger partial charge in [0.15, 0.2) is 0 Å². The van der Waals surface area contributed by atoms with E-state index in [1.807, 2.05) is 0 Å². The van der Waals surface area contributed by atoms with E-state index in [1.165, 1.54) is 12.1 Å². The Morgan fingerprint density at radius 1 is 1.24 bits per heavy atom. The molecule has 1 aromatic carbocycles. The molecule has 1 fully saturated rings. The van der Waals surface area contributed by atoms with Crippen LogP contribution in [0.4, 0.5) is 13.2 Å². The second-order valence-corrected chi connectivity index (χ2v) is 6.38. The lowest BCUT2D eigenvalue weighted by Crippen LogP contribution is -2.51. The van der Waals surface area contributed by atoms with E-state index in [1.54, 1.807) is 12.1 Å². The van der Waals surface area contributed by atoms with Crippen LogP contribution in [0.2, 0.25) is 0 Å². The fourth-order valence-electron chi connectivity index (χ4n) is 3.17. The molecule has 0 radical (unpaired) electrons. The molecule has 0 amide bonds. The Morgan fingerprint density at radius 2 is 1.86 bits per heavy atom. The van der Waals surface area contributed by atoms with Gasteiger partial charge in [-0.15, -0.1) is 13.2 Å². The van der Waals surface area contributed by atoms with Gasteiger partial charge in [-0.3, -0.25) is 0 Å². The van der Waals surface area contributed by atoms with Crippen molar-refractivity contribution >= 4 is 0 Å². The zero-order chi connectivity index (χ0) is 15.7. The standard InChI is InChI=1S/C16H22F3NO/c1-11-7-8-15(20,12(2)9-11)10-13-3-5-14(6-4-13)21-16(17,18)19/h3-6,11-12H,7-10,20H2,1-2H3. The van der Waals surface area contributed by atoms with E-state index < -0.39 is 6.36 Å². The SMILES string of the molecule is CC1CCC(N)(Cc2ccc(OC(F)(F)F)cc2)C(C)C1. The summed E-state index contributed by atoms with van der Waals surface area (Å²) in [7, 11) is 0. The van der Waals surface area contributed by atoms with Gasteiger partial charge in [0.2, 0.25) is 0 Å². The first-order valence-corrected chi connectivity index (χ1v) is 7.31. The number of benzene rings is 1. The maximum Gasteiger partial charge on any atom is 0.573 e. The molecule has 0 spiro atoms. The van der Waals surface area contributed by atoms with Gasteiger partial charge in [0.1, 0.15) is 5.75 Å². The Labute approximate surface area is 123 Å². The topological polar surface area (TPSA) is 35.2 Å². The first-order valence-electron chi connectivity index (χ1n) is 7.31. The highest BCUT2D eigenvalue weighted by Gasteiger charge is 2.36. The number of alkyl halides is 3. The molecule has 1 saturated carbocycles. The third-order valence-electron chi connectivity index (χ3n) is 4.53. The van der Waals surface area contributed by atoms with Gasteiger partial charge < -0.3 is 10.5 Å². The number of nitrogens with two attached hydrogens (primary N) is 1. The maximum atomic E-state index is 12.1. The van der Waals surface area contributed by atoms with Crippen molar-refractivity contribution in [1.82, 2.24) is 0 Å². The molecule has 2 N–H and O–H groups in total. The predicted molar refractivity (Wildman–Crippen MR) is 75.9 cm³/mol. The summed E-state index contributed by atoms with van der Waals surface area (Å²) in [5.74, 6) is 0.911. The molecule has 2 rings (SSSR count). The quantitative estimate of drug-likeness (QED) is 0.904. The summed E-state index contributed by atoms with van der Waals surface area (Å²) in [6, 6.07) is 6.03. The average molecular weight is 301 g/mol. The highest BCUT2D eigenvalue weighted by molar-refractivity contribution is 5.29. The summed E-state index contributed by atoms with van der Waals surface area (Å²) in [6.45, 7) is 4.40. The van der Waals surface area contributed by atoms with E-state index in [9.17, 15) is 13.2 Å². The first kappa shape index (κ1) is 16.1. The van der Waals surface area contributed by atoms with Crippen LogP contribution in [-0.2, 0) is 6.42 Å². The van der Waals surface area contributed by atoms with Gasteiger partial charge >= 0.3 is 6.36 Å². The first-order chi connectivity index (χ1) is 9.68. The zero-order valence-corrected chi connectivity index (χ0v) is 12.4. The predicted octanol–water partition coefficient (Wildman–Crippen LogP) is 4.28. The Kier molecular flexibility index (Phi) is 4.51. The summed E-state index contributed by atoms with van der Waals surface area (Å²) in [6.07, 6.45) is -0.796. The lowest BCUT2D eigenvalue weighted by Gasteiger charge is -2.42. The Balaban J connectivity index is 2.03. The molecule has 21 heavy (non-hydrogen) atoms. The summed E-state index contributed by atoms with van der Waals surface area (Å²) >= 11 is 0. The van der Waals surface area contributed by atoms with E-state index in [2.05, 4.69) is 18.6 Å². The molecule has 5 heteroatoms. The van der Waals surface area contributed by atoms with Crippen molar-refractivity contribution in [1.29, 1.82) is 0 Å². The second kappa shape index (κ2) is 5.87. The normalized spacial score (nSPS) is 30.2. The van der Waals surface area contributed by atoms with Gasteiger partial charge in [-0.25, -0.2) is 0 Å². The number of rotatable bonds is 3. The van der Waals surface area contributed by atoms with Crippen molar-refractivity contribution in [3.63, 3.8) is 0 Å². The molecular weight excluding hydrogens is 279 g/mol. The molecule has 0 heterocycles. The molecule has 0 aliphatic heterocycles. The monoisotopic (exact) mass is 301 g/mol. The molecule has 2 nitrogen and oxygen atoms in total. The van der Waals surface area contributed by atoms with Crippen molar-refractivity contribution in [2.24, 2.45) is 17.6 Å². The third kappa shape index (κ3) is 4.37. The number of hydrogen-bond acceptors (Lipinski definition) is 2. The number of ether oxygens (including phenoxy) is 1. The van der Waals surface area contributed by atoms with Gasteiger partial charge in [0.05, 0.1) is 0 Å². The van der Waals surface area contributed by atoms with Crippen LogP contribution in [0.25, 0.3) is 0 Å². The van der Waals surface area contributed by atoms with Crippen LogP contribution in [0.15, 0.2) is 24.3 Å². The molecule has 3 unspecified atom stereocenters. The fourth-order valence-corrected chi connectivity index (χ4v) is 3.17. The molecule has 0 saturated heterocycles. The smallest absolute Gasteiger partial charge is 0.406 e. The van der Waals surface area contributed by atoms with Crippen LogP contribution in [-0.4, -0.2) is 11.9 Å². The highest BCUT2D eigenvalue weighted by atomic mass is 19.4. The van der Waals surface area contributed by atoms with Crippen molar-refractivity contribution in [2.75, 3.05) is 0 Å². The number of hydrogen-bond donors (Lipinski definition) is 1. The Morgan fingerprint density at radius 3 is 2.38 bits per heavy atom. The van der Waals surface area contributed by atoms with E-state index in [4.69, 9.17) is 5.73 Å². The van der Waals surface area contributed by atoms with Gasteiger partial charge in [-0.05, 0) is 55.2 Å². The minimum Gasteiger partial charge on any atom is -0.406 e. The minimum absolute atomic E-state index is 0.192. The molecule has 0 bridgehead atoms. The van der Waals surface area contributed by atoms with Crippen molar-refractivity contribution in [2.45, 2.75) is 51.4 Å². The van der Waals surface area contributed by atoms with E-state index in [-0.39, 0.29) is 11.3 Å². The summed E-state index contributed by atoms with van der Waals surface area (Å²) < 4.78 is 40.2. The van der Waals surface area contributed by atoms with Gasteiger partial charge in [0, 0.05) is 5.54 Å². The summed E-state index contributed by atoms with van der Waals surface area (Å²) in [4.78, 5) is 0. The van der Waals surface area contributed by atoms with Crippen molar-refractivity contribution < 1.29 is 17.9 Å². The molecular formula is C16H22F3NO. The lowest BCUT2D eigenvalue weighted by atomic mass is 9.68. The van der Waals surface area contributed by atoms with Crippen molar-refractivity contribution in [3.05, 3.63) is 29.8 Å². The molecule has 0 aromatic heterocycles. The lowest BCUT2D eigenvalue weighted by molar-refractivity contribution is -0.274. The van der Waals surface area contributed by atoms with Crippen LogP contribution in [0.5, 0.6) is 5.75 Å². The van der Waals surface area contributed by atoms with Gasteiger partial charge in [-0.2, -0.15) is 0 Å². The molecule has 3 atom stereocenters. The summed E-state index contributed by atoms with van der Waals surface area (Å²) in [5.41, 5.74) is 7.21. The Hall–Kier alpha value is -1.23. The van der Waals surface area contributed by atoms with E-state index >= 15 is 0 Å². The number of halogens is 3. The molecule has 118 valence electrons. The van der Waals surface area contributed by atoms with Crippen LogP contribution in [0, 0.1) is 11.8 Å². The average Bonchev–Trinajstić information content (AvgIpc) is 2.36. The Bertz CT molecular complexity index is 471. The molecule has 1 aliphatic carbocycles. The highest BCUT2D eigenvalue weighted by Crippen LogP contribution is 2.37. The largest absolute Gasteiger partial charge is 0.573 e. The van der Waals surface area contributed by atoms with Crippen LogP contribution in [0.3, 0.4) is 0 Å². The summed E-state index contributed by atoms with van der Waals surface area (Å²) in [5, 5.41) is 0. The van der Waals surface area contributed by atoms with E-state index in [0.717, 1.165) is 24.8 Å². The van der Waals surface area contributed by atoms with Crippen LogP contribution < -0.4 is 10.5 Å². The van der Waals surface area contributed by atoms with E-state index in [0.29, 0.717) is 18.3 Å². The zero-order valence-electron chi connectivity index (χ0n) is 12.4. The maximum absolute atomic E-state index is 12.1. The fraction of sp³-hybridized carbons (Fsp3) is 0.625. The van der Waals surface area contributed by atoms with Crippen molar-refractivity contribution in [3.8, 4) is 5.75 Å². The molecule has 1 aromatic rings. The van der Waals surface area contributed by atoms with Crippen LogP contribution >= 0.6 is 0 Å². The van der Waals surface area contributed by atoms with Crippen LogP contribution in [0.1, 0.15) is 38.7 Å². The third-order valence-corrected chi connectivity index (χ3v) is 4.53. The minimum atomic E-state index is -4.65. The molecule has 1 aliphatic rings.